The molecular formula is C28H31NO3. The van der Waals surface area contributed by atoms with Crippen LogP contribution in [0.25, 0.3) is 11.1 Å². The van der Waals surface area contributed by atoms with E-state index < -0.39 is 5.60 Å². The first-order valence-electron chi connectivity index (χ1n) is 11.2. The summed E-state index contributed by atoms with van der Waals surface area (Å²) in [6.45, 7) is 9.58. The summed E-state index contributed by atoms with van der Waals surface area (Å²) in [7, 11) is 0. The first-order chi connectivity index (χ1) is 15.3. The number of hydrogen-bond acceptors (Lipinski definition) is 3. The monoisotopic (exact) mass is 429 g/mol. The molecule has 1 amide bonds. The summed E-state index contributed by atoms with van der Waals surface area (Å²) in [4.78, 5) is 14.2. The van der Waals surface area contributed by atoms with E-state index in [1.807, 2.05) is 32.9 Å². The van der Waals surface area contributed by atoms with E-state index in [0.29, 0.717) is 19.7 Å². The van der Waals surface area contributed by atoms with Gasteiger partial charge in [-0.15, -0.1) is 0 Å². The minimum atomic E-state index is -0.481. The van der Waals surface area contributed by atoms with Gasteiger partial charge < -0.3 is 14.4 Å². The van der Waals surface area contributed by atoms with Gasteiger partial charge in [0, 0.05) is 13.1 Å². The fourth-order valence-corrected chi connectivity index (χ4v) is 4.03. The molecule has 4 rings (SSSR count). The predicted molar refractivity (Wildman–Crippen MR) is 128 cm³/mol. The molecule has 0 N–H and O–H groups in total. The van der Waals surface area contributed by atoms with Crippen LogP contribution in [0.4, 0.5) is 4.79 Å². The average molecular weight is 430 g/mol. The molecule has 0 fully saturated rings. The second-order valence-corrected chi connectivity index (χ2v) is 9.33. The smallest absolute Gasteiger partial charge is 0.410 e. The summed E-state index contributed by atoms with van der Waals surface area (Å²) in [6.07, 6.45) is 0.547. The number of carbonyl (C=O) groups excluding carboxylic acids is 1. The van der Waals surface area contributed by atoms with Gasteiger partial charge in [0.1, 0.15) is 18.0 Å². The molecule has 0 atom stereocenters. The summed E-state index contributed by atoms with van der Waals surface area (Å²) in [5.74, 6) is 0.860. The number of fused-ring (bicyclic) bond motifs is 1. The van der Waals surface area contributed by atoms with Crippen LogP contribution in [0, 0.1) is 6.92 Å². The van der Waals surface area contributed by atoms with Crippen molar-refractivity contribution in [2.24, 2.45) is 0 Å². The Balaban J connectivity index is 1.43. The standard InChI is InChI=1S/C28H31NO3/c1-20-24(11-8-12-26(20)21-9-6-5-7-10-21)19-31-25-14-13-23-18-29(16-15-22(23)17-25)27(30)32-28(2,3)4/h5-14,17H,15-16,18-19H2,1-4H3. The summed E-state index contributed by atoms with van der Waals surface area (Å²) in [5.41, 5.74) is 6.78. The van der Waals surface area contributed by atoms with Crippen LogP contribution in [0.15, 0.2) is 66.7 Å². The average Bonchev–Trinajstić information content (AvgIpc) is 2.77. The highest BCUT2D eigenvalue weighted by molar-refractivity contribution is 5.69. The summed E-state index contributed by atoms with van der Waals surface area (Å²) < 4.78 is 11.7. The maximum Gasteiger partial charge on any atom is 0.410 e. The lowest BCUT2D eigenvalue weighted by atomic mass is 9.97. The second kappa shape index (κ2) is 9.07. The highest BCUT2D eigenvalue weighted by Crippen LogP contribution is 2.28. The van der Waals surface area contributed by atoms with Crippen LogP contribution in [0.5, 0.6) is 5.75 Å². The summed E-state index contributed by atoms with van der Waals surface area (Å²) in [6, 6.07) is 23.0. The van der Waals surface area contributed by atoms with Crippen molar-refractivity contribution in [3.8, 4) is 16.9 Å². The van der Waals surface area contributed by atoms with Crippen LogP contribution in [0.3, 0.4) is 0 Å². The van der Waals surface area contributed by atoms with Crippen molar-refractivity contribution < 1.29 is 14.3 Å². The van der Waals surface area contributed by atoms with Crippen molar-refractivity contribution in [1.82, 2.24) is 4.90 Å². The van der Waals surface area contributed by atoms with Crippen molar-refractivity contribution in [3.63, 3.8) is 0 Å². The highest BCUT2D eigenvalue weighted by Gasteiger charge is 2.25. The Bertz CT molecular complexity index is 1100. The number of ether oxygens (including phenoxy) is 2. The number of rotatable bonds is 4. The van der Waals surface area contributed by atoms with E-state index in [2.05, 4.69) is 61.5 Å². The Kier molecular flexibility index (Phi) is 6.22. The Labute approximate surface area is 190 Å². The topological polar surface area (TPSA) is 38.8 Å². The van der Waals surface area contributed by atoms with Gasteiger partial charge in [0.2, 0.25) is 0 Å². The quantitative estimate of drug-likeness (QED) is 0.473. The van der Waals surface area contributed by atoms with Crippen LogP contribution >= 0.6 is 0 Å². The molecule has 0 saturated heterocycles. The Morgan fingerprint density at radius 3 is 2.50 bits per heavy atom. The van der Waals surface area contributed by atoms with E-state index in [1.54, 1.807) is 4.90 Å². The van der Waals surface area contributed by atoms with E-state index >= 15 is 0 Å². The minimum absolute atomic E-state index is 0.253. The molecule has 0 aromatic heterocycles. The third-order valence-corrected chi connectivity index (χ3v) is 5.77. The molecule has 1 aliphatic heterocycles. The third-order valence-electron chi connectivity index (χ3n) is 5.77. The van der Waals surface area contributed by atoms with E-state index in [9.17, 15) is 4.79 Å². The fraction of sp³-hybridized carbons (Fsp3) is 0.321. The van der Waals surface area contributed by atoms with Gasteiger partial charge in [-0.25, -0.2) is 4.79 Å². The molecular weight excluding hydrogens is 398 g/mol. The van der Waals surface area contributed by atoms with Gasteiger partial charge in [0.05, 0.1) is 0 Å². The number of amides is 1. The molecule has 166 valence electrons. The second-order valence-electron chi connectivity index (χ2n) is 9.33. The van der Waals surface area contributed by atoms with Crippen molar-refractivity contribution in [3.05, 3.63) is 89.0 Å². The van der Waals surface area contributed by atoms with Crippen LogP contribution in [-0.2, 0) is 24.3 Å². The van der Waals surface area contributed by atoms with Crippen molar-refractivity contribution >= 4 is 6.09 Å². The lowest BCUT2D eigenvalue weighted by molar-refractivity contribution is 0.0224. The third kappa shape index (κ3) is 5.13. The molecule has 0 unspecified atom stereocenters. The van der Waals surface area contributed by atoms with Crippen LogP contribution in [0.1, 0.15) is 43.0 Å². The van der Waals surface area contributed by atoms with Crippen LogP contribution in [0.2, 0.25) is 0 Å². The van der Waals surface area contributed by atoms with Crippen LogP contribution in [-0.4, -0.2) is 23.1 Å². The molecule has 3 aromatic rings. The van der Waals surface area contributed by atoms with Gasteiger partial charge in [-0.2, -0.15) is 0 Å². The van der Waals surface area contributed by atoms with Crippen molar-refractivity contribution in [1.29, 1.82) is 0 Å². The molecule has 1 aliphatic rings. The molecule has 0 bridgehead atoms. The van der Waals surface area contributed by atoms with Crippen molar-refractivity contribution in [2.45, 2.75) is 52.9 Å². The van der Waals surface area contributed by atoms with Crippen LogP contribution < -0.4 is 4.74 Å². The van der Waals surface area contributed by atoms with E-state index in [-0.39, 0.29) is 6.09 Å². The summed E-state index contributed by atoms with van der Waals surface area (Å²) in [5, 5.41) is 0. The molecule has 3 aromatic carbocycles. The SMILES string of the molecule is Cc1c(COc2ccc3c(c2)CCN(C(=O)OC(C)(C)C)C3)cccc1-c1ccccc1. The van der Waals surface area contributed by atoms with Gasteiger partial charge in [0.15, 0.2) is 0 Å². The molecule has 4 heteroatoms. The number of hydrogen-bond donors (Lipinski definition) is 0. The van der Waals surface area contributed by atoms with E-state index in [1.165, 1.54) is 27.8 Å². The molecule has 32 heavy (non-hydrogen) atoms. The Hall–Kier alpha value is -3.27. The van der Waals surface area contributed by atoms with Crippen molar-refractivity contribution in [2.75, 3.05) is 6.54 Å². The first-order valence-corrected chi connectivity index (χ1v) is 11.2. The van der Waals surface area contributed by atoms with Gasteiger partial charge in [0.25, 0.3) is 0 Å². The van der Waals surface area contributed by atoms with E-state index in [0.717, 1.165) is 17.7 Å². The molecule has 0 spiro atoms. The number of nitrogens with zero attached hydrogens (tertiary/aromatic N) is 1. The molecule has 1 heterocycles. The number of carbonyl (C=O) groups is 1. The zero-order valence-corrected chi connectivity index (χ0v) is 19.4. The fourth-order valence-electron chi connectivity index (χ4n) is 4.03. The maximum absolute atomic E-state index is 12.4. The Morgan fingerprint density at radius 2 is 1.75 bits per heavy atom. The molecule has 0 aliphatic carbocycles. The minimum Gasteiger partial charge on any atom is -0.489 e. The zero-order valence-electron chi connectivity index (χ0n) is 19.4. The first kappa shape index (κ1) is 21.9. The Morgan fingerprint density at radius 1 is 0.969 bits per heavy atom. The molecule has 0 radical (unpaired) electrons. The predicted octanol–water partition coefficient (Wildman–Crippen LogP) is 6.53. The normalized spacial score (nSPS) is 13.4. The summed E-state index contributed by atoms with van der Waals surface area (Å²) >= 11 is 0. The van der Waals surface area contributed by atoms with Gasteiger partial charge in [-0.3, -0.25) is 0 Å². The highest BCUT2D eigenvalue weighted by atomic mass is 16.6. The lowest BCUT2D eigenvalue weighted by Gasteiger charge is -2.31. The molecule has 4 nitrogen and oxygen atoms in total. The molecule has 0 saturated carbocycles. The van der Waals surface area contributed by atoms with Gasteiger partial charge in [-0.05, 0) is 79.6 Å². The maximum atomic E-state index is 12.4. The lowest BCUT2D eigenvalue weighted by Crippen LogP contribution is -2.39. The number of benzene rings is 3. The van der Waals surface area contributed by atoms with Gasteiger partial charge in [-0.1, -0.05) is 54.6 Å². The van der Waals surface area contributed by atoms with Gasteiger partial charge >= 0.3 is 6.09 Å². The zero-order chi connectivity index (χ0) is 22.7. The van der Waals surface area contributed by atoms with E-state index in [4.69, 9.17) is 9.47 Å². The largest absolute Gasteiger partial charge is 0.489 e.